The predicted octanol–water partition coefficient (Wildman–Crippen LogP) is 2.17. The lowest BCUT2D eigenvalue weighted by Gasteiger charge is -2.38. The van der Waals surface area contributed by atoms with Gasteiger partial charge in [-0.05, 0) is 31.4 Å². The maximum Gasteiger partial charge on any atom is 0.245 e. The standard InChI is InChI=1S/C18H24N4O2S/c1-3-22-14-15(12-19-22)13-21-10-8-18(9-11-21)16-6-4-5-7-17(16)20(2)25(18,23)24/h4-7,12,14H,3,8-11,13H2,1-2H3. The van der Waals surface area contributed by atoms with Gasteiger partial charge in [-0.3, -0.25) is 13.9 Å². The average Bonchev–Trinajstić information content (AvgIpc) is 3.14. The Morgan fingerprint density at radius 3 is 2.60 bits per heavy atom. The first-order valence-electron chi connectivity index (χ1n) is 8.79. The largest absolute Gasteiger partial charge is 0.299 e. The van der Waals surface area contributed by atoms with E-state index in [1.807, 2.05) is 35.1 Å². The van der Waals surface area contributed by atoms with Crippen molar-refractivity contribution in [3.8, 4) is 0 Å². The molecule has 0 bridgehead atoms. The zero-order valence-electron chi connectivity index (χ0n) is 14.7. The van der Waals surface area contributed by atoms with Crippen LogP contribution < -0.4 is 4.31 Å². The summed E-state index contributed by atoms with van der Waals surface area (Å²) in [6, 6.07) is 7.75. The number of benzene rings is 1. The average molecular weight is 360 g/mol. The maximum atomic E-state index is 13.1. The van der Waals surface area contributed by atoms with Crippen LogP contribution in [0.15, 0.2) is 36.7 Å². The van der Waals surface area contributed by atoms with E-state index in [0.717, 1.165) is 37.4 Å². The topological polar surface area (TPSA) is 58.4 Å². The number of rotatable bonds is 3. The molecule has 1 spiro atoms. The van der Waals surface area contributed by atoms with Crippen molar-refractivity contribution in [1.29, 1.82) is 0 Å². The lowest BCUT2D eigenvalue weighted by molar-refractivity contribution is 0.189. The zero-order valence-corrected chi connectivity index (χ0v) is 15.5. The van der Waals surface area contributed by atoms with Crippen molar-refractivity contribution in [2.75, 3.05) is 24.4 Å². The van der Waals surface area contributed by atoms with Gasteiger partial charge in [0.05, 0.1) is 11.9 Å². The molecular weight excluding hydrogens is 336 g/mol. The molecular formula is C18H24N4O2S. The Bertz CT molecular complexity index is 882. The van der Waals surface area contributed by atoms with Crippen molar-refractivity contribution >= 4 is 15.7 Å². The molecule has 0 saturated carbocycles. The number of sulfonamides is 1. The number of nitrogens with zero attached hydrogens (tertiary/aromatic N) is 4. The maximum absolute atomic E-state index is 13.1. The highest BCUT2D eigenvalue weighted by atomic mass is 32.2. The van der Waals surface area contributed by atoms with E-state index in [1.165, 1.54) is 9.87 Å². The van der Waals surface area contributed by atoms with E-state index in [0.29, 0.717) is 12.8 Å². The van der Waals surface area contributed by atoms with Crippen LogP contribution in [-0.2, 0) is 27.9 Å². The van der Waals surface area contributed by atoms with Crippen LogP contribution in [0, 0.1) is 0 Å². The summed E-state index contributed by atoms with van der Waals surface area (Å²) in [5.74, 6) is 0. The third kappa shape index (κ3) is 2.40. The van der Waals surface area contributed by atoms with Crippen LogP contribution in [0.2, 0.25) is 0 Å². The molecule has 1 fully saturated rings. The second kappa shape index (κ2) is 5.85. The molecule has 2 aromatic rings. The Morgan fingerprint density at radius 2 is 1.92 bits per heavy atom. The second-order valence-electron chi connectivity index (χ2n) is 6.96. The minimum atomic E-state index is -3.35. The van der Waals surface area contributed by atoms with Crippen molar-refractivity contribution in [2.45, 2.75) is 37.6 Å². The number of aryl methyl sites for hydroxylation is 1. The Kier molecular flexibility index (Phi) is 3.88. The number of likely N-dealkylation sites (tertiary alicyclic amines) is 1. The number of aromatic nitrogens is 2. The van der Waals surface area contributed by atoms with Gasteiger partial charge in [0, 0.05) is 45.0 Å². The van der Waals surface area contributed by atoms with Gasteiger partial charge in [0.15, 0.2) is 0 Å². The van der Waals surface area contributed by atoms with E-state index in [1.54, 1.807) is 7.05 Å². The van der Waals surface area contributed by atoms with Crippen molar-refractivity contribution < 1.29 is 8.42 Å². The quantitative estimate of drug-likeness (QED) is 0.842. The van der Waals surface area contributed by atoms with Crippen LogP contribution in [0.4, 0.5) is 5.69 Å². The number of para-hydroxylation sites is 1. The van der Waals surface area contributed by atoms with E-state index >= 15 is 0 Å². The van der Waals surface area contributed by atoms with E-state index in [9.17, 15) is 8.42 Å². The molecule has 6 nitrogen and oxygen atoms in total. The highest BCUT2D eigenvalue weighted by molar-refractivity contribution is 7.94. The van der Waals surface area contributed by atoms with Gasteiger partial charge in [-0.15, -0.1) is 0 Å². The number of anilines is 1. The normalized spacial score (nSPS) is 21.6. The third-order valence-electron chi connectivity index (χ3n) is 5.67. The van der Waals surface area contributed by atoms with Crippen LogP contribution in [0.1, 0.15) is 30.9 Å². The Morgan fingerprint density at radius 1 is 1.20 bits per heavy atom. The van der Waals surface area contributed by atoms with E-state index < -0.39 is 14.8 Å². The van der Waals surface area contributed by atoms with E-state index in [4.69, 9.17) is 0 Å². The van der Waals surface area contributed by atoms with Gasteiger partial charge in [0.2, 0.25) is 10.0 Å². The molecule has 0 amide bonds. The molecule has 1 aromatic heterocycles. The van der Waals surface area contributed by atoms with E-state index in [-0.39, 0.29) is 0 Å². The van der Waals surface area contributed by atoms with Gasteiger partial charge in [-0.2, -0.15) is 5.10 Å². The molecule has 4 rings (SSSR count). The van der Waals surface area contributed by atoms with Gasteiger partial charge in [0.1, 0.15) is 4.75 Å². The Hall–Kier alpha value is -1.86. The molecule has 0 atom stereocenters. The summed E-state index contributed by atoms with van der Waals surface area (Å²) in [5.41, 5.74) is 2.99. The van der Waals surface area contributed by atoms with Crippen LogP contribution in [0.5, 0.6) is 0 Å². The van der Waals surface area contributed by atoms with Crippen molar-refractivity contribution in [3.05, 3.63) is 47.8 Å². The van der Waals surface area contributed by atoms with Crippen LogP contribution >= 0.6 is 0 Å². The summed E-state index contributed by atoms with van der Waals surface area (Å²) in [5, 5.41) is 4.32. The van der Waals surface area contributed by atoms with Crippen molar-refractivity contribution in [2.24, 2.45) is 0 Å². The molecule has 0 radical (unpaired) electrons. The predicted molar refractivity (Wildman–Crippen MR) is 97.9 cm³/mol. The molecule has 3 heterocycles. The first-order valence-corrected chi connectivity index (χ1v) is 10.2. The van der Waals surface area contributed by atoms with Crippen LogP contribution in [0.3, 0.4) is 0 Å². The summed E-state index contributed by atoms with van der Waals surface area (Å²) in [4.78, 5) is 2.33. The molecule has 25 heavy (non-hydrogen) atoms. The molecule has 0 aliphatic carbocycles. The fourth-order valence-electron chi connectivity index (χ4n) is 4.18. The van der Waals surface area contributed by atoms with E-state index in [2.05, 4.69) is 23.1 Å². The fourth-order valence-corrected chi connectivity index (χ4v) is 6.27. The first-order chi connectivity index (χ1) is 12.0. The minimum absolute atomic E-state index is 0.638. The highest BCUT2D eigenvalue weighted by Gasteiger charge is 2.55. The molecule has 1 aromatic carbocycles. The molecule has 134 valence electrons. The first kappa shape index (κ1) is 16.6. The SMILES string of the molecule is CCn1cc(CN2CCC3(CC2)c2ccccc2N(C)S3(=O)=O)cn1. The molecule has 0 N–H and O–H groups in total. The van der Waals surface area contributed by atoms with Crippen LogP contribution in [-0.4, -0.2) is 43.2 Å². The Balaban J connectivity index is 1.56. The smallest absolute Gasteiger partial charge is 0.245 e. The van der Waals surface area contributed by atoms with Gasteiger partial charge >= 0.3 is 0 Å². The number of piperidine rings is 1. The van der Waals surface area contributed by atoms with Gasteiger partial charge in [0.25, 0.3) is 0 Å². The highest BCUT2D eigenvalue weighted by Crippen LogP contribution is 2.51. The lowest BCUT2D eigenvalue weighted by Crippen LogP contribution is -2.47. The van der Waals surface area contributed by atoms with Crippen LogP contribution in [0.25, 0.3) is 0 Å². The summed E-state index contributed by atoms with van der Waals surface area (Å²) < 4.78 is 28.9. The third-order valence-corrected chi connectivity index (χ3v) is 8.20. The number of hydrogen-bond donors (Lipinski definition) is 0. The summed E-state index contributed by atoms with van der Waals surface area (Å²) in [6.07, 6.45) is 5.25. The monoisotopic (exact) mass is 360 g/mol. The fraction of sp³-hybridized carbons (Fsp3) is 0.500. The minimum Gasteiger partial charge on any atom is -0.299 e. The lowest BCUT2D eigenvalue weighted by atomic mass is 9.87. The molecule has 0 unspecified atom stereocenters. The number of hydrogen-bond acceptors (Lipinski definition) is 4. The number of fused-ring (bicyclic) bond motifs is 2. The van der Waals surface area contributed by atoms with Crippen molar-refractivity contribution in [3.63, 3.8) is 0 Å². The summed E-state index contributed by atoms with van der Waals surface area (Å²) >= 11 is 0. The molecule has 7 heteroatoms. The summed E-state index contributed by atoms with van der Waals surface area (Å²) in [7, 11) is -1.68. The Labute approximate surface area is 149 Å². The zero-order chi connectivity index (χ0) is 17.7. The second-order valence-corrected chi connectivity index (χ2v) is 9.24. The molecule has 2 aliphatic rings. The van der Waals surface area contributed by atoms with Crippen molar-refractivity contribution in [1.82, 2.24) is 14.7 Å². The molecule has 1 saturated heterocycles. The van der Waals surface area contributed by atoms with Gasteiger partial charge in [-0.1, -0.05) is 18.2 Å². The van der Waals surface area contributed by atoms with Gasteiger partial charge < -0.3 is 0 Å². The summed E-state index contributed by atoms with van der Waals surface area (Å²) in [6.45, 7) is 5.32. The van der Waals surface area contributed by atoms with Gasteiger partial charge in [-0.25, -0.2) is 8.42 Å². The molecule has 2 aliphatic heterocycles.